The van der Waals surface area contributed by atoms with E-state index in [2.05, 4.69) is 12.2 Å². The highest BCUT2D eigenvalue weighted by Crippen LogP contribution is 2.20. The molecule has 35 heavy (non-hydrogen) atoms. The van der Waals surface area contributed by atoms with E-state index in [9.17, 15) is 4.79 Å². The molecule has 1 amide bonds. The quantitative estimate of drug-likeness (QED) is 0.140. The predicted octanol–water partition coefficient (Wildman–Crippen LogP) is 6.66. The highest BCUT2D eigenvalue weighted by atomic mass is 32.1. The van der Waals surface area contributed by atoms with Crippen LogP contribution in [0.15, 0.2) is 17.1 Å². The van der Waals surface area contributed by atoms with Crippen LogP contribution in [0.3, 0.4) is 0 Å². The summed E-state index contributed by atoms with van der Waals surface area (Å²) in [7, 11) is 0. The molecular formula is C28H51N2O4S+. The largest absolute Gasteiger partial charge is 0.447 e. The van der Waals surface area contributed by atoms with Crippen molar-refractivity contribution in [1.29, 1.82) is 0 Å². The molecule has 6 nitrogen and oxygen atoms in total. The maximum atomic E-state index is 11.8. The van der Waals surface area contributed by atoms with Crippen molar-refractivity contribution in [3.05, 3.63) is 17.1 Å². The fourth-order valence-electron chi connectivity index (χ4n) is 4.56. The molecule has 1 N–H and O–H groups in total. The summed E-state index contributed by atoms with van der Waals surface area (Å²) in [4.78, 5) is 11.8. The third-order valence-electron chi connectivity index (χ3n) is 6.73. The van der Waals surface area contributed by atoms with Crippen LogP contribution in [0.1, 0.15) is 103 Å². The molecule has 2 rings (SSSR count). The van der Waals surface area contributed by atoms with Gasteiger partial charge in [-0.2, -0.15) is 4.57 Å². The topological polar surface area (TPSA) is 60.7 Å². The first kappa shape index (κ1) is 30.0. The van der Waals surface area contributed by atoms with Gasteiger partial charge in [0.25, 0.3) is 0 Å². The smallest absolute Gasteiger partial charge is 0.407 e. The molecule has 202 valence electrons. The summed E-state index contributed by atoms with van der Waals surface area (Å²) in [5, 5.41) is 4.79. The molecule has 1 aromatic rings. The molecule has 0 aromatic carbocycles. The number of carbonyl (C=O) groups is 1. The van der Waals surface area contributed by atoms with Crippen molar-refractivity contribution in [3.63, 3.8) is 0 Å². The number of carbonyl (C=O) groups excluding carboxylic acids is 1. The molecule has 1 aliphatic rings. The summed E-state index contributed by atoms with van der Waals surface area (Å²) in [5.74, 6) is 0.410. The SMILES string of the molecule is CCCCCCCCCCCCCCCCOC[C@@H]1CO[C@@H](COC(=O)NCC[n+]2ccsc2)C1. The third kappa shape index (κ3) is 16.2. The highest BCUT2D eigenvalue weighted by Gasteiger charge is 2.26. The summed E-state index contributed by atoms with van der Waals surface area (Å²) in [5.41, 5.74) is 2.01. The molecule has 0 radical (unpaired) electrons. The van der Waals surface area contributed by atoms with E-state index >= 15 is 0 Å². The van der Waals surface area contributed by atoms with E-state index in [4.69, 9.17) is 14.2 Å². The van der Waals surface area contributed by atoms with Gasteiger partial charge in [0.15, 0.2) is 12.7 Å². The Morgan fingerprint density at radius 1 is 0.971 bits per heavy atom. The Morgan fingerprint density at radius 2 is 1.63 bits per heavy atom. The minimum atomic E-state index is -0.373. The fraction of sp³-hybridized carbons (Fsp3) is 0.857. The molecule has 1 saturated heterocycles. The maximum Gasteiger partial charge on any atom is 0.407 e. The van der Waals surface area contributed by atoms with Crippen LogP contribution in [0, 0.1) is 5.92 Å². The minimum Gasteiger partial charge on any atom is -0.447 e. The zero-order valence-corrected chi connectivity index (χ0v) is 23.0. The van der Waals surface area contributed by atoms with E-state index < -0.39 is 0 Å². The summed E-state index contributed by atoms with van der Waals surface area (Å²) < 4.78 is 19.0. The summed E-state index contributed by atoms with van der Waals surface area (Å²) in [6, 6.07) is 0. The predicted molar refractivity (Wildman–Crippen MR) is 143 cm³/mol. The summed E-state index contributed by atoms with van der Waals surface area (Å²) in [6.45, 7) is 6.19. The van der Waals surface area contributed by atoms with Crippen LogP contribution in [0.5, 0.6) is 0 Å². The van der Waals surface area contributed by atoms with E-state index in [0.29, 0.717) is 25.7 Å². The van der Waals surface area contributed by atoms with Gasteiger partial charge < -0.3 is 19.5 Å². The van der Waals surface area contributed by atoms with Gasteiger partial charge in [0.1, 0.15) is 6.61 Å². The van der Waals surface area contributed by atoms with Crippen LogP contribution in [0.2, 0.25) is 0 Å². The number of thiazole rings is 1. The number of aromatic nitrogens is 1. The van der Waals surface area contributed by atoms with Crippen LogP contribution in [0.4, 0.5) is 4.79 Å². The van der Waals surface area contributed by atoms with Gasteiger partial charge in [0, 0.05) is 12.5 Å². The monoisotopic (exact) mass is 511 g/mol. The molecule has 1 aliphatic heterocycles. The Morgan fingerprint density at radius 3 is 2.26 bits per heavy atom. The zero-order valence-electron chi connectivity index (χ0n) is 22.2. The van der Waals surface area contributed by atoms with Crippen molar-refractivity contribution < 1.29 is 23.6 Å². The van der Waals surface area contributed by atoms with Crippen LogP contribution in [0.25, 0.3) is 0 Å². The van der Waals surface area contributed by atoms with Gasteiger partial charge in [-0.15, -0.1) is 0 Å². The normalized spacial score (nSPS) is 17.6. The Hall–Kier alpha value is -1.18. The second kappa shape index (κ2) is 21.0. The Bertz CT molecular complexity index is 614. The van der Waals surface area contributed by atoms with Crippen LogP contribution >= 0.6 is 11.3 Å². The number of nitrogens with one attached hydrogen (secondary N) is 1. The third-order valence-corrected chi connectivity index (χ3v) is 7.40. The Kier molecular flexibility index (Phi) is 18.0. The molecule has 0 aliphatic carbocycles. The summed E-state index contributed by atoms with van der Waals surface area (Å²) >= 11 is 1.63. The highest BCUT2D eigenvalue weighted by molar-refractivity contribution is 7.07. The second-order valence-electron chi connectivity index (χ2n) is 10.0. The molecule has 2 heterocycles. The van der Waals surface area contributed by atoms with Gasteiger partial charge in [-0.05, 0) is 12.8 Å². The Balaban J connectivity index is 1.30. The minimum absolute atomic E-state index is 0.0124. The van der Waals surface area contributed by atoms with Crippen molar-refractivity contribution >= 4 is 17.4 Å². The van der Waals surface area contributed by atoms with Crippen molar-refractivity contribution in [3.8, 4) is 0 Å². The van der Waals surface area contributed by atoms with Crippen molar-refractivity contribution in [2.24, 2.45) is 5.92 Å². The van der Waals surface area contributed by atoms with Crippen molar-refractivity contribution in [1.82, 2.24) is 5.32 Å². The molecule has 0 bridgehead atoms. The van der Waals surface area contributed by atoms with Gasteiger partial charge >= 0.3 is 6.09 Å². The van der Waals surface area contributed by atoms with E-state index in [1.165, 1.54) is 83.5 Å². The number of rotatable bonds is 22. The van der Waals surface area contributed by atoms with Crippen LogP contribution < -0.4 is 9.88 Å². The van der Waals surface area contributed by atoms with Gasteiger partial charge in [0.2, 0.25) is 5.51 Å². The molecule has 0 spiro atoms. The first-order chi connectivity index (χ1) is 17.3. The number of hydrogen-bond donors (Lipinski definition) is 1. The Labute approximate surface area is 218 Å². The number of hydrogen-bond acceptors (Lipinski definition) is 5. The van der Waals surface area contributed by atoms with Gasteiger partial charge in [-0.1, -0.05) is 102 Å². The zero-order chi connectivity index (χ0) is 24.8. The molecule has 0 unspecified atom stereocenters. The summed E-state index contributed by atoms with van der Waals surface area (Å²) in [6.07, 6.45) is 21.8. The lowest BCUT2D eigenvalue weighted by Gasteiger charge is -2.11. The van der Waals surface area contributed by atoms with Crippen molar-refractivity contribution in [2.75, 3.05) is 33.0 Å². The molecule has 1 aromatic heterocycles. The average molecular weight is 512 g/mol. The van der Waals surface area contributed by atoms with Crippen molar-refractivity contribution in [2.45, 2.75) is 116 Å². The van der Waals surface area contributed by atoms with E-state index in [-0.39, 0.29) is 12.2 Å². The fourth-order valence-corrected chi connectivity index (χ4v) is 5.19. The number of nitrogens with zero attached hydrogens (tertiary/aromatic N) is 1. The first-order valence-corrected chi connectivity index (χ1v) is 15.2. The number of ether oxygens (including phenoxy) is 3. The molecule has 7 heteroatoms. The second-order valence-corrected chi connectivity index (χ2v) is 10.8. The van der Waals surface area contributed by atoms with E-state index in [0.717, 1.165) is 32.6 Å². The molecular weight excluding hydrogens is 460 g/mol. The standard InChI is InChI=1S/C28H50N2O4S/c1-2-3-4-5-6-7-8-9-10-11-12-13-14-15-19-32-22-26-21-27(33-23-26)24-34-28(31)29-16-17-30-18-20-35-25-30/h18,20,25-27H,2-17,19,21-24H2,1H3/p+1/t26-,27-/m1/s1. The average Bonchev–Trinajstić information content (AvgIpc) is 3.55. The van der Waals surface area contributed by atoms with Gasteiger partial charge in [0.05, 0.1) is 31.2 Å². The van der Waals surface area contributed by atoms with Crippen LogP contribution in [-0.4, -0.2) is 45.2 Å². The molecule has 1 fully saturated rings. The van der Waals surface area contributed by atoms with Crippen LogP contribution in [-0.2, 0) is 20.8 Å². The number of amides is 1. The lowest BCUT2D eigenvalue weighted by atomic mass is 10.0. The maximum absolute atomic E-state index is 11.8. The van der Waals surface area contributed by atoms with Gasteiger partial charge in [-0.3, -0.25) is 0 Å². The molecule has 2 atom stereocenters. The van der Waals surface area contributed by atoms with E-state index in [1.54, 1.807) is 11.3 Å². The first-order valence-electron chi connectivity index (χ1n) is 14.3. The van der Waals surface area contributed by atoms with Gasteiger partial charge in [-0.25, -0.2) is 4.79 Å². The molecule has 0 saturated carbocycles. The lowest BCUT2D eigenvalue weighted by Crippen LogP contribution is -2.39. The lowest BCUT2D eigenvalue weighted by molar-refractivity contribution is -0.690. The van der Waals surface area contributed by atoms with E-state index in [1.807, 2.05) is 21.7 Å². The number of unbranched alkanes of at least 4 members (excludes halogenated alkanes) is 13. The number of alkyl carbamates (subject to hydrolysis) is 1.